The molecule has 0 bridgehead atoms. The number of carbonyl (C=O) groups excluding carboxylic acids is 1. The SMILES string of the molecule is Cc1ccccc1N(C(=O)CNC1CC1)c1ccc2[nH]ncc2c1. The number of benzene rings is 2. The first-order valence-corrected chi connectivity index (χ1v) is 8.27. The average molecular weight is 320 g/mol. The fraction of sp³-hybridized carbons (Fsp3) is 0.263. The van der Waals surface area contributed by atoms with Gasteiger partial charge in [-0.1, -0.05) is 18.2 Å². The number of amides is 1. The molecule has 5 heteroatoms. The van der Waals surface area contributed by atoms with E-state index < -0.39 is 0 Å². The Morgan fingerprint density at radius 2 is 2.12 bits per heavy atom. The number of aromatic nitrogens is 2. The van der Waals surface area contributed by atoms with Crippen LogP contribution in [0.25, 0.3) is 10.9 Å². The number of nitrogens with zero attached hydrogens (tertiary/aromatic N) is 2. The zero-order valence-electron chi connectivity index (χ0n) is 13.6. The van der Waals surface area contributed by atoms with Crippen molar-refractivity contribution in [3.05, 3.63) is 54.2 Å². The smallest absolute Gasteiger partial charge is 0.245 e. The van der Waals surface area contributed by atoms with Crippen molar-refractivity contribution in [2.45, 2.75) is 25.8 Å². The molecule has 122 valence electrons. The van der Waals surface area contributed by atoms with Gasteiger partial charge >= 0.3 is 0 Å². The zero-order valence-corrected chi connectivity index (χ0v) is 13.6. The van der Waals surface area contributed by atoms with E-state index in [0.717, 1.165) is 27.8 Å². The minimum absolute atomic E-state index is 0.0547. The Bertz CT molecular complexity index is 882. The van der Waals surface area contributed by atoms with E-state index in [9.17, 15) is 4.79 Å². The van der Waals surface area contributed by atoms with E-state index in [2.05, 4.69) is 15.5 Å². The van der Waals surface area contributed by atoms with E-state index in [1.807, 2.05) is 49.4 Å². The molecule has 3 aromatic rings. The first-order chi connectivity index (χ1) is 11.7. The molecule has 4 rings (SSSR count). The molecule has 1 fully saturated rings. The highest BCUT2D eigenvalue weighted by Crippen LogP contribution is 2.30. The first-order valence-electron chi connectivity index (χ1n) is 8.27. The summed E-state index contributed by atoms with van der Waals surface area (Å²) < 4.78 is 0. The topological polar surface area (TPSA) is 61.0 Å². The summed E-state index contributed by atoms with van der Waals surface area (Å²) in [4.78, 5) is 14.7. The second kappa shape index (κ2) is 6.09. The molecule has 24 heavy (non-hydrogen) atoms. The summed E-state index contributed by atoms with van der Waals surface area (Å²) in [5, 5.41) is 11.3. The Morgan fingerprint density at radius 3 is 2.92 bits per heavy atom. The van der Waals surface area contributed by atoms with Crippen LogP contribution in [0.5, 0.6) is 0 Å². The van der Waals surface area contributed by atoms with Crippen LogP contribution in [-0.4, -0.2) is 28.7 Å². The highest BCUT2D eigenvalue weighted by Gasteiger charge is 2.25. The number of H-pyrrole nitrogens is 1. The minimum atomic E-state index is 0.0547. The van der Waals surface area contributed by atoms with Crippen LogP contribution in [-0.2, 0) is 4.79 Å². The van der Waals surface area contributed by atoms with Crippen molar-refractivity contribution in [1.82, 2.24) is 15.5 Å². The fourth-order valence-corrected chi connectivity index (χ4v) is 2.90. The molecule has 1 aliphatic carbocycles. The summed E-state index contributed by atoms with van der Waals surface area (Å²) in [6, 6.07) is 14.4. The fourth-order valence-electron chi connectivity index (χ4n) is 2.90. The van der Waals surface area contributed by atoms with Gasteiger partial charge in [-0.3, -0.25) is 14.8 Å². The Hall–Kier alpha value is -2.66. The van der Waals surface area contributed by atoms with E-state index in [1.165, 1.54) is 12.8 Å². The van der Waals surface area contributed by atoms with Crippen LogP contribution in [0.4, 0.5) is 11.4 Å². The number of fused-ring (bicyclic) bond motifs is 1. The van der Waals surface area contributed by atoms with Gasteiger partial charge < -0.3 is 5.32 Å². The predicted octanol–water partition coefficient (Wildman–Crippen LogP) is 3.29. The van der Waals surface area contributed by atoms with E-state index in [0.29, 0.717) is 12.6 Å². The lowest BCUT2D eigenvalue weighted by molar-refractivity contribution is -0.117. The number of hydrogen-bond acceptors (Lipinski definition) is 3. The van der Waals surface area contributed by atoms with Gasteiger partial charge in [-0.15, -0.1) is 0 Å². The number of hydrogen-bond donors (Lipinski definition) is 2. The van der Waals surface area contributed by atoms with Gasteiger partial charge in [0.1, 0.15) is 0 Å². The number of anilines is 2. The molecule has 1 amide bonds. The summed E-state index contributed by atoms with van der Waals surface area (Å²) in [7, 11) is 0. The van der Waals surface area contributed by atoms with Crippen molar-refractivity contribution in [1.29, 1.82) is 0 Å². The quantitative estimate of drug-likeness (QED) is 0.758. The molecule has 1 heterocycles. The standard InChI is InChI=1S/C19H20N4O/c1-13-4-2-3-5-18(13)23(19(24)12-20-15-6-7-15)16-8-9-17-14(10-16)11-21-22-17/h2-5,8-11,15,20H,6-7,12H2,1H3,(H,21,22). The van der Waals surface area contributed by atoms with Crippen molar-refractivity contribution in [3.63, 3.8) is 0 Å². The highest BCUT2D eigenvalue weighted by atomic mass is 16.2. The van der Waals surface area contributed by atoms with Crippen LogP contribution in [0.1, 0.15) is 18.4 Å². The molecule has 0 atom stereocenters. The lowest BCUT2D eigenvalue weighted by Gasteiger charge is -2.25. The number of nitrogens with one attached hydrogen (secondary N) is 2. The normalized spacial score (nSPS) is 14.0. The van der Waals surface area contributed by atoms with E-state index in [1.54, 1.807) is 11.1 Å². The largest absolute Gasteiger partial charge is 0.306 e. The van der Waals surface area contributed by atoms with Gasteiger partial charge in [0.2, 0.25) is 5.91 Å². The summed E-state index contributed by atoms with van der Waals surface area (Å²) in [6.07, 6.45) is 4.11. The van der Waals surface area contributed by atoms with Crippen LogP contribution in [0.15, 0.2) is 48.7 Å². The number of rotatable bonds is 5. The molecular weight excluding hydrogens is 300 g/mol. The second-order valence-corrected chi connectivity index (χ2v) is 6.31. The van der Waals surface area contributed by atoms with E-state index >= 15 is 0 Å². The monoisotopic (exact) mass is 320 g/mol. The maximum absolute atomic E-state index is 12.9. The van der Waals surface area contributed by atoms with Crippen LogP contribution in [0.2, 0.25) is 0 Å². The van der Waals surface area contributed by atoms with E-state index in [4.69, 9.17) is 0 Å². The number of aryl methyl sites for hydroxylation is 1. The van der Waals surface area contributed by atoms with Crippen LogP contribution >= 0.6 is 0 Å². The first kappa shape index (κ1) is 14.9. The lowest BCUT2D eigenvalue weighted by Crippen LogP contribution is -2.36. The van der Waals surface area contributed by atoms with Gasteiger partial charge in [0.05, 0.1) is 23.9 Å². The number of aromatic amines is 1. The predicted molar refractivity (Wildman–Crippen MR) is 95.4 cm³/mol. The maximum atomic E-state index is 12.9. The molecular formula is C19H20N4O. The Balaban J connectivity index is 1.73. The Labute approximate surface area is 140 Å². The van der Waals surface area contributed by atoms with Crippen molar-refractivity contribution in [2.24, 2.45) is 0 Å². The van der Waals surface area contributed by atoms with Gasteiger partial charge in [0, 0.05) is 17.1 Å². The molecule has 5 nitrogen and oxygen atoms in total. The highest BCUT2D eigenvalue weighted by molar-refractivity contribution is 6.03. The molecule has 1 saturated carbocycles. The molecule has 2 N–H and O–H groups in total. The van der Waals surface area contributed by atoms with Crippen LogP contribution < -0.4 is 10.2 Å². The third-order valence-corrected chi connectivity index (χ3v) is 4.41. The average Bonchev–Trinajstić information content (AvgIpc) is 3.30. The molecule has 0 aliphatic heterocycles. The van der Waals surface area contributed by atoms with Crippen LogP contribution in [0.3, 0.4) is 0 Å². The summed E-state index contributed by atoms with van der Waals surface area (Å²) in [5.74, 6) is 0.0547. The van der Waals surface area contributed by atoms with Gasteiger partial charge in [-0.25, -0.2) is 0 Å². The lowest BCUT2D eigenvalue weighted by atomic mass is 10.1. The Kier molecular flexibility index (Phi) is 3.78. The molecule has 1 aliphatic rings. The number of carbonyl (C=O) groups is 1. The van der Waals surface area contributed by atoms with Gasteiger partial charge in [0.25, 0.3) is 0 Å². The number of para-hydroxylation sites is 1. The van der Waals surface area contributed by atoms with Gasteiger partial charge in [-0.05, 0) is 49.6 Å². The minimum Gasteiger partial charge on any atom is -0.306 e. The molecule has 0 saturated heterocycles. The second-order valence-electron chi connectivity index (χ2n) is 6.31. The van der Waals surface area contributed by atoms with Crippen molar-refractivity contribution in [2.75, 3.05) is 11.4 Å². The van der Waals surface area contributed by atoms with Gasteiger partial charge in [0.15, 0.2) is 0 Å². The van der Waals surface area contributed by atoms with Crippen molar-refractivity contribution < 1.29 is 4.79 Å². The molecule has 0 unspecified atom stereocenters. The van der Waals surface area contributed by atoms with Crippen molar-refractivity contribution in [3.8, 4) is 0 Å². The third kappa shape index (κ3) is 2.90. The van der Waals surface area contributed by atoms with Gasteiger partial charge in [-0.2, -0.15) is 5.10 Å². The van der Waals surface area contributed by atoms with Crippen LogP contribution in [0, 0.1) is 6.92 Å². The molecule has 0 radical (unpaired) electrons. The molecule has 2 aromatic carbocycles. The summed E-state index contributed by atoms with van der Waals surface area (Å²) in [5.41, 5.74) is 3.82. The van der Waals surface area contributed by atoms with E-state index in [-0.39, 0.29) is 5.91 Å². The van der Waals surface area contributed by atoms with Crippen molar-refractivity contribution >= 4 is 28.2 Å². The molecule has 1 aromatic heterocycles. The Morgan fingerprint density at radius 1 is 1.29 bits per heavy atom. The summed E-state index contributed by atoms with van der Waals surface area (Å²) in [6.45, 7) is 2.38. The maximum Gasteiger partial charge on any atom is 0.245 e. The summed E-state index contributed by atoms with van der Waals surface area (Å²) >= 11 is 0. The molecule has 0 spiro atoms. The third-order valence-electron chi connectivity index (χ3n) is 4.41. The zero-order chi connectivity index (χ0) is 16.5.